The number of carbonyl (C=O) groups excluding carboxylic acids is 1. The molecule has 0 bridgehead atoms. The summed E-state index contributed by atoms with van der Waals surface area (Å²) >= 11 is 0. The Labute approximate surface area is 62.0 Å². The minimum Gasteiger partial charge on any atom is -0.353 e. The maximum atomic E-state index is 11.0. The van der Waals surface area contributed by atoms with Gasteiger partial charge in [0.2, 0.25) is 5.91 Å². The first-order chi connectivity index (χ1) is 4.61. The molecule has 2 unspecified atom stereocenters. The molecular weight excluding hydrogens is 126 g/mol. The molecule has 0 radical (unpaired) electrons. The Kier molecular flexibility index (Phi) is 1.97. The summed E-state index contributed by atoms with van der Waals surface area (Å²) in [5, 5.41) is 2.96. The van der Waals surface area contributed by atoms with E-state index < -0.39 is 0 Å². The van der Waals surface area contributed by atoms with Crippen molar-refractivity contribution in [1.82, 2.24) is 5.32 Å². The minimum atomic E-state index is 0.132. The Balaban J connectivity index is 2.20. The van der Waals surface area contributed by atoms with Gasteiger partial charge in [0.15, 0.2) is 0 Å². The Morgan fingerprint density at radius 2 is 2.10 bits per heavy atom. The lowest BCUT2D eigenvalue weighted by molar-refractivity contribution is -0.124. The number of hydrogen-bond acceptors (Lipinski definition) is 1. The maximum Gasteiger partial charge on any atom is 0.222 e. The Morgan fingerprint density at radius 1 is 1.60 bits per heavy atom. The fourth-order valence-electron chi connectivity index (χ4n) is 0.873. The number of nitrogens with one attached hydrogen (secondary N) is 1. The molecule has 1 amide bonds. The number of hydrogen-bond donors (Lipinski definition) is 1. The average molecular weight is 141 g/mol. The van der Waals surface area contributed by atoms with Crippen LogP contribution in [0.2, 0.25) is 0 Å². The zero-order valence-corrected chi connectivity index (χ0v) is 6.85. The van der Waals surface area contributed by atoms with Gasteiger partial charge in [-0.15, -0.1) is 0 Å². The minimum absolute atomic E-state index is 0.132. The van der Waals surface area contributed by atoms with Crippen molar-refractivity contribution in [2.24, 2.45) is 11.8 Å². The SMILES string of the molecule is CC(C)C(=O)NC1CC1C. The first kappa shape index (κ1) is 7.58. The summed E-state index contributed by atoms with van der Waals surface area (Å²) in [6, 6.07) is 0.481. The van der Waals surface area contributed by atoms with Crippen LogP contribution in [0.15, 0.2) is 0 Å². The van der Waals surface area contributed by atoms with Gasteiger partial charge in [-0.05, 0) is 12.3 Å². The highest BCUT2D eigenvalue weighted by molar-refractivity contribution is 5.78. The standard InChI is InChI=1S/C8H15NO/c1-5(2)8(10)9-7-4-6(7)3/h5-7H,4H2,1-3H3,(H,9,10). The molecule has 0 aromatic rings. The molecule has 1 aliphatic rings. The highest BCUT2D eigenvalue weighted by atomic mass is 16.1. The predicted molar refractivity (Wildman–Crippen MR) is 40.5 cm³/mol. The van der Waals surface area contributed by atoms with E-state index in [0.29, 0.717) is 12.0 Å². The molecular formula is C8H15NO. The first-order valence-corrected chi connectivity index (χ1v) is 3.91. The highest BCUT2D eigenvalue weighted by Crippen LogP contribution is 2.29. The Morgan fingerprint density at radius 3 is 2.40 bits per heavy atom. The Hall–Kier alpha value is -0.530. The van der Waals surface area contributed by atoms with E-state index in [4.69, 9.17) is 0 Å². The number of amides is 1. The molecule has 0 heterocycles. The number of carbonyl (C=O) groups is 1. The normalized spacial score (nSPS) is 30.4. The van der Waals surface area contributed by atoms with Gasteiger partial charge < -0.3 is 5.32 Å². The van der Waals surface area contributed by atoms with Gasteiger partial charge in [-0.25, -0.2) is 0 Å². The van der Waals surface area contributed by atoms with Gasteiger partial charge in [-0.2, -0.15) is 0 Å². The predicted octanol–water partition coefficient (Wildman–Crippen LogP) is 1.17. The molecule has 2 atom stereocenters. The molecule has 0 spiro atoms. The monoisotopic (exact) mass is 141 g/mol. The van der Waals surface area contributed by atoms with E-state index in [2.05, 4.69) is 12.2 Å². The van der Waals surface area contributed by atoms with Crippen LogP contribution < -0.4 is 5.32 Å². The summed E-state index contributed by atoms with van der Waals surface area (Å²) in [6.45, 7) is 6.00. The quantitative estimate of drug-likeness (QED) is 0.614. The zero-order chi connectivity index (χ0) is 7.72. The molecule has 0 aliphatic heterocycles. The van der Waals surface area contributed by atoms with Gasteiger partial charge in [0.25, 0.3) is 0 Å². The van der Waals surface area contributed by atoms with Crippen molar-refractivity contribution >= 4 is 5.91 Å². The third kappa shape index (κ3) is 1.72. The van der Waals surface area contributed by atoms with E-state index in [1.807, 2.05) is 13.8 Å². The van der Waals surface area contributed by atoms with Crippen LogP contribution in [-0.4, -0.2) is 11.9 Å². The fraction of sp³-hybridized carbons (Fsp3) is 0.875. The van der Waals surface area contributed by atoms with Crippen LogP contribution in [0, 0.1) is 11.8 Å². The smallest absolute Gasteiger partial charge is 0.222 e. The van der Waals surface area contributed by atoms with Gasteiger partial charge in [-0.1, -0.05) is 20.8 Å². The second-order valence-electron chi connectivity index (χ2n) is 3.48. The zero-order valence-electron chi connectivity index (χ0n) is 6.85. The fourth-order valence-corrected chi connectivity index (χ4v) is 0.873. The Bertz CT molecular complexity index is 142. The summed E-state index contributed by atoms with van der Waals surface area (Å²) in [7, 11) is 0. The van der Waals surface area contributed by atoms with Gasteiger partial charge >= 0.3 is 0 Å². The summed E-state index contributed by atoms with van der Waals surface area (Å²) in [6.07, 6.45) is 1.17. The van der Waals surface area contributed by atoms with E-state index in [-0.39, 0.29) is 11.8 Å². The van der Waals surface area contributed by atoms with E-state index >= 15 is 0 Å². The van der Waals surface area contributed by atoms with Crippen molar-refractivity contribution in [1.29, 1.82) is 0 Å². The van der Waals surface area contributed by atoms with E-state index in [1.54, 1.807) is 0 Å². The lowest BCUT2D eigenvalue weighted by Gasteiger charge is -2.05. The van der Waals surface area contributed by atoms with Crippen LogP contribution in [0.5, 0.6) is 0 Å². The molecule has 10 heavy (non-hydrogen) atoms. The second-order valence-corrected chi connectivity index (χ2v) is 3.48. The van der Waals surface area contributed by atoms with Gasteiger partial charge in [-0.3, -0.25) is 4.79 Å². The third-order valence-electron chi connectivity index (χ3n) is 1.96. The lowest BCUT2D eigenvalue weighted by Crippen LogP contribution is -2.30. The third-order valence-corrected chi connectivity index (χ3v) is 1.96. The highest BCUT2D eigenvalue weighted by Gasteiger charge is 2.33. The molecule has 2 heteroatoms. The maximum absolute atomic E-state index is 11.0. The molecule has 2 nitrogen and oxygen atoms in total. The van der Waals surface area contributed by atoms with Crippen molar-refractivity contribution in [3.8, 4) is 0 Å². The van der Waals surface area contributed by atoms with Crippen LogP contribution >= 0.6 is 0 Å². The van der Waals surface area contributed by atoms with E-state index in [9.17, 15) is 4.79 Å². The molecule has 0 saturated heterocycles. The van der Waals surface area contributed by atoms with E-state index in [1.165, 1.54) is 6.42 Å². The van der Waals surface area contributed by atoms with Crippen molar-refractivity contribution < 1.29 is 4.79 Å². The summed E-state index contributed by atoms with van der Waals surface area (Å²) in [5.41, 5.74) is 0. The summed E-state index contributed by atoms with van der Waals surface area (Å²) in [4.78, 5) is 11.0. The second kappa shape index (κ2) is 2.60. The van der Waals surface area contributed by atoms with Crippen molar-refractivity contribution in [2.45, 2.75) is 33.2 Å². The van der Waals surface area contributed by atoms with Gasteiger partial charge in [0.1, 0.15) is 0 Å². The van der Waals surface area contributed by atoms with Crippen LogP contribution in [0.4, 0.5) is 0 Å². The van der Waals surface area contributed by atoms with Crippen LogP contribution in [-0.2, 0) is 4.79 Å². The molecule has 1 fully saturated rings. The molecule has 1 aliphatic carbocycles. The first-order valence-electron chi connectivity index (χ1n) is 3.91. The molecule has 0 aromatic carbocycles. The van der Waals surface area contributed by atoms with Crippen molar-refractivity contribution in [3.63, 3.8) is 0 Å². The summed E-state index contributed by atoms with van der Waals surface area (Å²) in [5.74, 6) is 1.03. The average Bonchev–Trinajstić information content (AvgIpc) is 2.46. The van der Waals surface area contributed by atoms with Crippen LogP contribution in [0.1, 0.15) is 27.2 Å². The largest absolute Gasteiger partial charge is 0.353 e. The van der Waals surface area contributed by atoms with E-state index in [0.717, 1.165) is 0 Å². The molecule has 1 N–H and O–H groups in total. The number of rotatable bonds is 2. The van der Waals surface area contributed by atoms with Gasteiger partial charge in [0.05, 0.1) is 0 Å². The van der Waals surface area contributed by atoms with Crippen LogP contribution in [0.3, 0.4) is 0 Å². The van der Waals surface area contributed by atoms with Crippen molar-refractivity contribution in [3.05, 3.63) is 0 Å². The van der Waals surface area contributed by atoms with Crippen molar-refractivity contribution in [2.75, 3.05) is 0 Å². The lowest BCUT2D eigenvalue weighted by atomic mass is 10.2. The topological polar surface area (TPSA) is 29.1 Å². The molecule has 58 valence electrons. The van der Waals surface area contributed by atoms with Crippen LogP contribution in [0.25, 0.3) is 0 Å². The summed E-state index contributed by atoms with van der Waals surface area (Å²) < 4.78 is 0. The van der Waals surface area contributed by atoms with Gasteiger partial charge in [0, 0.05) is 12.0 Å². The molecule has 1 saturated carbocycles. The molecule has 1 rings (SSSR count). The molecule has 0 aromatic heterocycles.